The van der Waals surface area contributed by atoms with E-state index in [1.807, 2.05) is 0 Å². The van der Waals surface area contributed by atoms with Crippen LogP contribution in [0.25, 0.3) is 5.57 Å². The van der Waals surface area contributed by atoms with Crippen LogP contribution >= 0.6 is 0 Å². The smallest absolute Gasteiger partial charge is 0.126 e. The number of halogens is 1. The predicted octanol–water partition coefficient (Wildman–Crippen LogP) is 1.08. The topological polar surface area (TPSA) is 50.4 Å². The van der Waals surface area contributed by atoms with E-state index in [4.69, 9.17) is 5.73 Å². The van der Waals surface area contributed by atoms with E-state index in [0.29, 0.717) is 0 Å². The summed E-state index contributed by atoms with van der Waals surface area (Å²) in [6.45, 7) is 0. The molecule has 0 bridgehead atoms. The van der Waals surface area contributed by atoms with Gasteiger partial charge >= 0.3 is 0 Å². The van der Waals surface area contributed by atoms with E-state index in [9.17, 15) is 4.39 Å². The molecule has 3 nitrogen and oxygen atoms in total. The number of aliphatic imine (C=N–C) groups is 1. The quantitative estimate of drug-likeness (QED) is 0.698. The summed E-state index contributed by atoms with van der Waals surface area (Å²) >= 11 is 0. The normalized spacial score (nSPS) is 20.1. The Kier molecular flexibility index (Phi) is 2.28. The molecule has 0 saturated heterocycles. The standard InChI is InChI=1S/C10H10FN3/c11-8-3-1-7(2-4-8)9-5-13-6-14-10(9)12/h1-6,10H,12H2,(H,13,14). The van der Waals surface area contributed by atoms with Gasteiger partial charge in [0.15, 0.2) is 0 Å². The highest BCUT2D eigenvalue weighted by molar-refractivity contribution is 5.75. The molecule has 1 unspecified atom stereocenters. The molecule has 4 heteroatoms. The fourth-order valence-corrected chi connectivity index (χ4v) is 1.31. The van der Waals surface area contributed by atoms with Crippen LogP contribution in [0.5, 0.6) is 0 Å². The van der Waals surface area contributed by atoms with Crippen LogP contribution in [0.3, 0.4) is 0 Å². The van der Waals surface area contributed by atoms with Crippen molar-refractivity contribution in [2.45, 2.75) is 6.17 Å². The van der Waals surface area contributed by atoms with E-state index in [1.54, 1.807) is 18.3 Å². The Morgan fingerprint density at radius 2 is 2.00 bits per heavy atom. The molecule has 0 saturated carbocycles. The molecule has 1 aliphatic rings. The minimum Gasteiger partial charge on any atom is -0.353 e. The minimum atomic E-state index is -0.373. The summed E-state index contributed by atoms with van der Waals surface area (Å²) in [7, 11) is 0. The van der Waals surface area contributed by atoms with Crippen molar-refractivity contribution < 1.29 is 4.39 Å². The molecular weight excluding hydrogens is 181 g/mol. The molecule has 1 aliphatic heterocycles. The Balaban J connectivity index is 2.31. The molecule has 0 radical (unpaired) electrons. The van der Waals surface area contributed by atoms with Gasteiger partial charge in [-0.2, -0.15) is 0 Å². The molecule has 3 N–H and O–H groups in total. The zero-order chi connectivity index (χ0) is 9.97. The average Bonchev–Trinajstić information content (AvgIpc) is 2.20. The van der Waals surface area contributed by atoms with E-state index in [2.05, 4.69) is 10.3 Å². The second kappa shape index (κ2) is 3.59. The molecule has 72 valence electrons. The monoisotopic (exact) mass is 191 g/mol. The Morgan fingerprint density at radius 3 is 2.64 bits per heavy atom. The van der Waals surface area contributed by atoms with E-state index >= 15 is 0 Å². The lowest BCUT2D eigenvalue weighted by Gasteiger charge is -2.15. The summed E-state index contributed by atoms with van der Waals surface area (Å²) < 4.78 is 12.7. The number of rotatable bonds is 1. The third kappa shape index (κ3) is 1.65. The van der Waals surface area contributed by atoms with Crippen LogP contribution in [0.2, 0.25) is 0 Å². The van der Waals surface area contributed by atoms with Crippen LogP contribution in [-0.2, 0) is 0 Å². The Hall–Kier alpha value is -1.68. The number of nitrogens with two attached hydrogens (primary N) is 1. The average molecular weight is 191 g/mol. The first-order valence-corrected chi connectivity index (χ1v) is 4.26. The van der Waals surface area contributed by atoms with Gasteiger partial charge in [-0.05, 0) is 17.7 Å². The lowest BCUT2D eigenvalue weighted by Crippen LogP contribution is -2.26. The fourth-order valence-electron chi connectivity index (χ4n) is 1.31. The van der Waals surface area contributed by atoms with Crippen molar-refractivity contribution >= 4 is 11.9 Å². The highest BCUT2D eigenvalue weighted by Gasteiger charge is 2.11. The van der Waals surface area contributed by atoms with Gasteiger partial charge in [-0.25, -0.2) is 4.39 Å². The summed E-state index contributed by atoms with van der Waals surface area (Å²) in [5.41, 5.74) is 7.48. The van der Waals surface area contributed by atoms with Crippen molar-refractivity contribution in [3.8, 4) is 0 Å². The van der Waals surface area contributed by atoms with E-state index in [-0.39, 0.29) is 12.0 Å². The van der Waals surface area contributed by atoms with E-state index < -0.39 is 0 Å². The van der Waals surface area contributed by atoms with Gasteiger partial charge in [0.25, 0.3) is 0 Å². The molecule has 14 heavy (non-hydrogen) atoms. The Labute approximate surface area is 81.1 Å². The van der Waals surface area contributed by atoms with Gasteiger partial charge in [0, 0.05) is 11.8 Å². The van der Waals surface area contributed by atoms with Gasteiger partial charge in [0.05, 0.1) is 6.34 Å². The van der Waals surface area contributed by atoms with Gasteiger partial charge in [-0.1, -0.05) is 12.1 Å². The highest BCUT2D eigenvalue weighted by Crippen LogP contribution is 2.18. The molecule has 0 aromatic heterocycles. The van der Waals surface area contributed by atoms with Gasteiger partial charge in [0.2, 0.25) is 0 Å². The first-order chi connectivity index (χ1) is 6.77. The number of hydrogen-bond acceptors (Lipinski definition) is 3. The maximum atomic E-state index is 12.7. The molecule has 1 aromatic rings. The van der Waals surface area contributed by atoms with Gasteiger partial charge in [-0.15, -0.1) is 0 Å². The lowest BCUT2D eigenvalue weighted by atomic mass is 10.0. The van der Waals surface area contributed by atoms with Crippen LogP contribution in [0.15, 0.2) is 35.5 Å². The minimum absolute atomic E-state index is 0.254. The SMILES string of the molecule is NC1N=CNC=C1c1ccc(F)cc1. The van der Waals surface area contributed by atoms with Crippen LogP contribution in [0, 0.1) is 5.82 Å². The predicted molar refractivity (Wildman–Crippen MR) is 54.0 cm³/mol. The molecule has 0 fully saturated rings. The van der Waals surface area contributed by atoms with Gasteiger partial charge in [-0.3, -0.25) is 4.99 Å². The zero-order valence-electron chi connectivity index (χ0n) is 7.44. The largest absolute Gasteiger partial charge is 0.353 e. The third-order valence-electron chi connectivity index (χ3n) is 2.04. The van der Waals surface area contributed by atoms with Gasteiger partial charge < -0.3 is 11.1 Å². The first-order valence-electron chi connectivity index (χ1n) is 4.26. The summed E-state index contributed by atoms with van der Waals surface area (Å²) in [4.78, 5) is 3.99. The van der Waals surface area contributed by atoms with Crippen molar-refractivity contribution in [3.63, 3.8) is 0 Å². The number of nitrogens with one attached hydrogen (secondary N) is 1. The number of hydrogen-bond donors (Lipinski definition) is 2. The summed E-state index contributed by atoms with van der Waals surface area (Å²) in [5.74, 6) is -0.254. The maximum Gasteiger partial charge on any atom is 0.126 e. The Bertz CT molecular complexity index is 381. The van der Waals surface area contributed by atoms with Gasteiger partial charge in [0.1, 0.15) is 12.0 Å². The number of benzene rings is 1. The zero-order valence-corrected chi connectivity index (χ0v) is 7.44. The fraction of sp³-hybridized carbons (Fsp3) is 0.100. The molecule has 1 aromatic carbocycles. The van der Waals surface area contributed by atoms with E-state index in [0.717, 1.165) is 11.1 Å². The molecular formula is C10H10FN3. The summed E-state index contributed by atoms with van der Waals surface area (Å²) in [6, 6.07) is 6.18. The number of nitrogens with zero attached hydrogens (tertiary/aromatic N) is 1. The second-order valence-electron chi connectivity index (χ2n) is 3.00. The van der Waals surface area contributed by atoms with Crippen LogP contribution < -0.4 is 11.1 Å². The lowest BCUT2D eigenvalue weighted by molar-refractivity contribution is 0.627. The van der Waals surface area contributed by atoms with Crippen molar-refractivity contribution in [3.05, 3.63) is 41.8 Å². The molecule has 1 heterocycles. The molecule has 2 rings (SSSR count). The van der Waals surface area contributed by atoms with Crippen LogP contribution in [0.1, 0.15) is 5.56 Å². The summed E-state index contributed by atoms with van der Waals surface area (Å²) in [6.07, 6.45) is 2.93. The van der Waals surface area contributed by atoms with E-state index in [1.165, 1.54) is 18.5 Å². The van der Waals surface area contributed by atoms with Crippen LogP contribution in [0.4, 0.5) is 4.39 Å². The second-order valence-corrected chi connectivity index (χ2v) is 3.00. The molecule has 0 aliphatic carbocycles. The molecule has 1 atom stereocenters. The first kappa shape index (κ1) is 8.90. The van der Waals surface area contributed by atoms with Crippen molar-refractivity contribution in [1.29, 1.82) is 0 Å². The van der Waals surface area contributed by atoms with Crippen molar-refractivity contribution in [2.75, 3.05) is 0 Å². The van der Waals surface area contributed by atoms with Crippen molar-refractivity contribution in [1.82, 2.24) is 5.32 Å². The third-order valence-corrected chi connectivity index (χ3v) is 2.04. The molecule has 0 spiro atoms. The maximum absolute atomic E-state index is 12.7. The summed E-state index contributed by atoms with van der Waals surface area (Å²) in [5, 5.41) is 2.85. The Morgan fingerprint density at radius 1 is 1.29 bits per heavy atom. The molecule has 0 amide bonds. The van der Waals surface area contributed by atoms with Crippen LogP contribution in [-0.4, -0.2) is 12.5 Å². The highest BCUT2D eigenvalue weighted by atomic mass is 19.1. The van der Waals surface area contributed by atoms with Crippen molar-refractivity contribution in [2.24, 2.45) is 10.7 Å².